The molecule has 0 aromatic carbocycles. The van der Waals surface area contributed by atoms with Crippen LogP contribution in [0.5, 0.6) is 0 Å². The predicted molar refractivity (Wildman–Crippen MR) is 77.8 cm³/mol. The molecule has 0 bridgehead atoms. The third-order valence-electron chi connectivity index (χ3n) is 2.61. The number of carbonyl (C=O) groups excluding carboxylic acids is 1. The number of aromatic nitrogens is 1. The van der Waals surface area contributed by atoms with Crippen molar-refractivity contribution in [1.29, 1.82) is 0 Å². The largest absolute Gasteiger partial charge is 0.397 e. The zero-order valence-corrected chi connectivity index (χ0v) is 11.6. The number of pyridine rings is 1. The number of amides is 1. The number of nitrogens with one attached hydrogen (secondary N) is 1. The highest BCUT2D eigenvalue weighted by Crippen LogP contribution is 2.07. The second kappa shape index (κ2) is 8.80. The number of nitrogens with two attached hydrogens (primary N) is 1. The quantitative estimate of drug-likeness (QED) is 0.709. The summed E-state index contributed by atoms with van der Waals surface area (Å²) in [6.07, 6.45) is 8.33. The molecular weight excluding hydrogens is 246 g/mol. The second-order valence-electron chi connectivity index (χ2n) is 4.10. The van der Waals surface area contributed by atoms with E-state index in [1.165, 1.54) is 18.6 Å². The van der Waals surface area contributed by atoms with E-state index in [2.05, 4.69) is 16.6 Å². The summed E-state index contributed by atoms with van der Waals surface area (Å²) in [4.78, 5) is 15.7. The molecule has 0 aliphatic carbocycles. The summed E-state index contributed by atoms with van der Waals surface area (Å²) in [7, 11) is 0. The van der Waals surface area contributed by atoms with Gasteiger partial charge in [0.25, 0.3) is 5.91 Å². The van der Waals surface area contributed by atoms with E-state index in [9.17, 15) is 4.79 Å². The monoisotopic (exact) mass is 267 g/mol. The smallest absolute Gasteiger partial charge is 0.272 e. The number of unbranched alkanes of at least 4 members (excludes halogenated alkanes) is 3. The van der Waals surface area contributed by atoms with E-state index >= 15 is 0 Å². The fraction of sp³-hybridized carbons (Fsp3) is 0.538. The summed E-state index contributed by atoms with van der Waals surface area (Å²) in [6.45, 7) is 0.689. The Hall–Kier alpha value is -1.23. The number of rotatable bonds is 8. The molecule has 0 radical (unpaired) electrons. The fourth-order valence-electron chi connectivity index (χ4n) is 1.62. The minimum absolute atomic E-state index is 0.183. The molecule has 0 saturated carbocycles. The van der Waals surface area contributed by atoms with Crippen LogP contribution < -0.4 is 11.1 Å². The van der Waals surface area contributed by atoms with Crippen LogP contribution in [-0.4, -0.2) is 29.4 Å². The van der Waals surface area contributed by atoms with Gasteiger partial charge in [-0.1, -0.05) is 12.8 Å². The van der Waals surface area contributed by atoms with Crippen molar-refractivity contribution in [3.63, 3.8) is 0 Å². The van der Waals surface area contributed by atoms with Gasteiger partial charge in [-0.3, -0.25) is 4.79 Å². The first-order chi connectivity index (χ1) is 8.75. The van der Waals surface area contributed by atoms with Crippen molar-refractivity contribution in [3.8, 4) is 0 Å². The molecule has 0 aliphatic rings. The molecule has 1 aromatic heterocycles. The highest BCUT2D eigenvalue weighted by molar-refractivity contribution is 7.98. The molecule has 100 valence electrons. The number of nitrogen functional groups attached to an aromatic ring is 1. The molecule has 0 fully saturated rings. The average Bonchev–Trinajstić information content (AvgIpc) is 2.38. The van der Waals surface area contributed by atoms with Gasteiger partial charge < -0.3 is 11.1 Å². The van der Waals surface area contributed by atoms with Crippen LogP contribution in [0.25, 0.3) is 0 Å². The first-order valence-corrected chi connectivity index (χ1v) is 7.62. The van der Waals surface area contributed by atoms with E-state index in [0.717, 1.165) is 12.8 Å². The lowest BCUT2D eigenvalue weighted by molar-refractivity contribution is 0.0949. The van der Waals surface area contributed by atoms with E-state index in [4.69, 9.17) is 5.73 Å². The number of hydrogen-bond acceptors (Lipinski definition) is 4. The summed E-state index contributed by atoms with van der Waals surface area (Å²) < 4.78 is 0. The molecule has 0 atom stereocenters. The fourth-order valence-corrected chi connectivity index (χ4v) is 2.11. The van der Waals surface area contributed by atoms with E-state index < -0.39 is 0 Å². The molecule has 0 saturated heterocycles. The summed E-state index contributed by atoms with van der Waals surface area (Å²) in [5.41, 5.74) is 6.43. The van der Waals surface area contributed by atoms with E-state index in [-0.39, 0.29) is 5.91 Å². The maximum absolute atomic E-state index is 11.7. The second-order valence-corrected chi connectivity index (χ2v) is 5.09. The third-order valence-corrected chi connectivity index (χ3v) is 3.31. The van der Waals surface area contributed by atoms with E-state index in [1.54, 1.807) is 18.3 Å². The van der Waals surface area contributed by atoms with Gasteiger partial charge in [0, 0.05) is 12.7 Å². The molecule has 5 heteroatoms. The zero-order chi connectivity index (χ0) is 13.2. The minimum atomic E-state index is -0.183. The van der Waals surface area contributed by atoms with Gasteiger partial charge in [-0.2, -0.15) is 11.8 Å². The Bertz CT molecular complexity index is 371. The van der Waals surface area contributed by atoms with Gasteiger partial charge in [-0.05, 0) is 37.0 Å². The summed E-state index contributed by atoms with van der Waals surface area (Å²) in [5, 5.41) is 2.84. The standard InChI is InChI=1S/C13H21N3OS/c1-18-10-5-3-2-4-8-16-13(17)12-11(14)7-6-9-15-12/h6-7,9H,2-5,8,10,14H2,1H3,(H,16,17). The van der Waals surface area contributed by atoms with Crippen LogP contribution in [0.3, 0.4) is 0 Å². The first-order valence-electron chi connectivity index (χ1n) is 6.23. The predicted octanol–water partition coefficient (Wildman–Crippen LogP) is 2.32. The summed E-state index contributed by atoms with van der Waals surface area (Å²) >= 11 is 1.88. The Balaban J connectivity index is 2.16. The van der Waals surface area contributed by atoms with Gasteiger partial charge in [-0.25, -0.2) is 4.98 Å². The maximum atomic E-state index is 11.7. The van der Waals surface area contributed by atoms with Crippen molar-refractivity contribution in [2.75, 3.05) is 24.3 Å². The molecule has 3 N–H and O–H groups in total. The zero-order valence-electron chi connectivity index (χ0n) is 10.8. The van der Waals surface area contributed by atoms with Crippen molar-refractivity contribution in [2.45, 2.75) is 25.7 Å². The topological polar surface area (TPSA) is 68.0 Å². The van der Waals surface area contributed by atoms with E-state index in [0.29, 0.717) is 17.9 Å². The number of thioether (sulfide) groups is 1. The van der Waals surface area contributed by atoms with Crippen LogP contribution in [0.2, 0.25) is 0 Å². The number of anilines is 1. The van der Waals surface area contributed by atoms with Crippen LogP contribution in [0.4, 0.5) is 5.69 Å². The lowest BCUT2D eigenvalue weighted by Crippen LogP contribution is -2.26. The lowest BCUT2D eigenvalue weighted by atomic mass is 10.2. The molecule has 1 heterocycles. The van der Waals surface area contributed by atoms with Crippen LogP contribution in [0, 0.1) is 0 Å². The molecule has 0 spiro atoms. The highest BCUT2D eigenvalue weighted by Gasteiger charge is 2.09. The van der Waals surface area contributed by atoms with Crippen molar-refractivity contribution >= 4 is 23.4 Å². The van der Waals surface area contributed by atoms with Gasteiger partial charge in [0.05, 0.1) is 5.69 Å². The average molecular weight is 267 g/mol. The molecular formula is C13H21N3OS. The Labute approximate surface area is 113 Å². The van der Waals surface area contributed by atoms with Crippen LogP contribution >= 0.6 is 11.8 Å². The Morgan fingerprint density at radius 2 is 2.17 bits per heavy atom. The lowest BCUT2D eigenvalue weighted by Gasteiger charge is -2.06. The van der Waals surface area contributed by atoms with Crippen molar-refractivity contribution < 1.29 is 4.79 Å². The Kier molecular flexibility index (Phi) is 7.25. The number of carbonyl (C=O) groups is 1. The van der Waals surface area contributed by atoms with Gasteiger partial charge >= 0.3 is 0 Å². The first kappa shape index (κ1) is 14.8. The van der Waals surface area contributed by atoms with Crippen molar-refractivity contribution in [1.82, 2.24) is 10.3 Å². The molecule has 1 aromatic rings. The number of hydrogen-bond donors (Lipinski definition) is 2. The van der Waals surface area contributed by atoms with E-state index in [1.807, 2.05) is 11.8 Å². The molecule has 1 rings (SSSR count). The highest BCUT2D eigenvalue weighted by atomic mass is 32.2. The Morgan fingerprint density at radius 3 is 2.89 bits per heavy atom. The van der Waals surface area contributed by atoms with Crippen molar-refractivity contribution in [3.05, 3.63) is 24.0 Å². The summed E-state index contributed by atoms with van der Waals surface area (Å²) in [6, 6.07) is 3.40. The van der Waals surface area contributed by atoms with Crippen LogP contribution in [0.1, 0.15) is 36.2 Å². The van der Waals surface area contributed by atoms with Gasteiger partial charge in [0.2, 0.25) is 0 Å². The molecule has 18 heavy (non-hydrogen) atoms. The molecule has 0 aliphatic heterocycles. The minimum Gasteiger partial charge on any atom is -0.397 e. The SMILES string of the molecule is CSCCCCCCNC(=O)c1ncccc1N. The normalized spacial score (nSPS) is 10.3. The summed E-state index contributed by atoms with van der Waals surface area (Å²) in [5.74, 6) is 1.04. The van der Waals surface area contributed by atoms with Crippen molar-refractivity contribution in [2.24, 2.45) is 0 Å². The molecule has 4 nitrogen and oxygen atoms in total. The van der Waals surface area contributed by atoms with Gasteiger partial charge in [0.15, 0.2) is 5.69 Å². The maximum Gasteiger partial charge on any atom is 0.272 e. The third kappa shape index (κ3) is 5.40. The molecule has 1 amide bonds. The van der Waals surface area contributed by atoms with Gasteiger partial charge in [-0.15, -0.1) is 0 Å². The van der Waals surface area contributed by atoms with Crippen LogP contribution in [0.15, 0.2) is 18.3 Å². The van der Waals surface area contributed by atoms with Gasteiger partial charge in [0.1, 0.15) is 0 Å². The Morgan fingerprint density at radius 1 is 1.39 bits per heavy atom. The molecule has 0 unspecified atom stereocenters. The van der Waals surface area contributed by atoms with Crippen LogP contribution in [-0.2, 0) is 0 Å². The number of nitrogens with zero attached hydrogens (tertiary/aromatic N) is 1.